The quantitative estimate of drug-likeness (QED) is 0.568. The molecule has 0 aromatic rings. The molecule has 0 aromatic heterocycles. The van der Waals surface area contributed by atoms with Gasteiger partial charge >= 0.3 is 0 Å². The monoisotopic (exact) mass is 230 g/mol. The molecule has 4 unspecified atom stereocenters. The van der Waals surface area contributed by atoms with E-state index in [0.29, 0.717) is 25.2 Å². The second kappa shape index (κ2) is 5.42. The predicted octanol–water partition coefficient (Wildman–Crippen LogP) is -1.21. The Labute approximate surface area is 96.4 Å². The molecule has 0 spiro atoms. The van der Waals surface area contributed by atoms with Gasteiger partial charge in [-0.2, -0.15) is 0 Å². The lowest BCUT2D eigenvalue weighted by Crippen LogP contribution is -2.45. The smallest absolute Gasteiger partial charge is 0.0938 e. The molecule has 2 fully saturated rings. The van der Waals surface area contributed by atoms with E-state index in [4.69, 9.17) is 4.74 Å². The van der Waals surface area contributed by atoms with E-state index in [0.717, 1.165) is 26.2 Å². The number of aliphatic hydroxyl groups excluding tert-OH is 2. The standard InChI is InChI=1S/C11H22N2O3/c1-8(4-9-7-16-3-2-12-9)13-5-10(14)11(15)6-13/h8-12,14-15H,2-7H2,1H3. The molecule has 0 radical (unpaired) electrons. The minimum atomic E-state index is -0.585. The number of rotatable bonds is 3. The number of nitrogens with one attached hydrogen (secondary N) is 1. The maximum atomic E-state index is 9.49. The average molecular weight is 230 g/mol. The average Bonchev–Trinajstić information content (AvgIpc) is 2.61. The molecule has 5 heteroatoms. The Bertz CT molecular complexity index is 211. The third kappa shape index (κ3) is 2.93. The van der Waals surface area contributed by atoms with Gasteiger partial charge in [0.2, 0.25) is 0 Å². The first kappa shape index (κ1) is 12.3. The van der Waals surface area contributed by atoms with Crippen LogP contribution in [0.1, 0.15) is 13.3 Å². The number of aliphatic hydroxyl groups is 2. The van der Waals surface area contributed by atoms with E-state index >= 15 is 0 Å². The fourth-order valence-electron chi connectivity index (χ4n) is 2.49. The van der Waals surface area contributed by atoms with Crippen LogP contribution >= 0.6 is 0 Å². The summed E-state index contributed by atoms with van der Waals surface area (Å²) in [5, 5.41) is 22.4. The Morgan fingerprint density at radius 3 is 2.62 bits per heavy atom. The van der Waals surface area contributed by atoms with Crippen molar-refractivity contribution in [3.05, 3.63) is 0 Å². The van der Waals surface area contributed by atoms with Gasteiger partial charge < -0.3 is 20.3 Å². The molecule has 2 heterocycles. The van der Waals surface area contributed by atoms with Crippen LogP contribution in [-0.4, -0.2) is 72.3 Å². The van der Waals surface area contributed by atoms with Crippen molar-refractivity contribution in [2.45, 2.75) is 37.6 Å². The zero-order valence-electron chi connectivity index (χ0n) is 9.80. The van der Waals surface area contributed by atoms with Crippen molar-refractivity contribution in [2.75, 3.05) is 32.8 Å². The maximum absolute atomic E-state index is 9.49. The summed E-state index contributed by atoms with van der Waals surface area (Å²) in [6, 6.07) is 0.768. The van der Waals surface area contributed by atoms with Crippen LogP contribution in [0.15, 0.2) is 0 Å². The van der Waals surface area contributed by atoms with E-state index in [2.05, 4.69) is 17.1 Å². The highest BCUT2D eigenvalue weighted by Gasteiger charge is 2.33. The Balaban J connectivity index is 1.76. The molecule has 0 aliphatic carbocycles. The van der Waals surface area contributed by atoms with Crippen molar-refractivity contribution in [3.8, 4) is 0 Å². The lowest BCUT2D eigenvalue weighted by Gasteiger charge is -2.30. The van der Waals surface area contributed by atoms with Crippen LogP contribution in [-0.2, 0) is 4.74 Å². The second-order valence-electron chi connectivity index (χ2n) is 4.90. The van der Waals surface area contributed by atoms with Gasteiger partial charge in [-0.05, 0) is 13.3 Å². The van der Waals surface area contributed by atoms with Crippen LogP contribution in [0, 0.1) is 0 Å². The van der Waals surface area contributed by atoms with Crippen LogP contribution in [0.2, 0.25) is 0 Å². The van der Waals surface area contributed by atoms with Gasteiger partial charge in [0.05, 0.1) is 25.4 Å². The molecular formula is C11H22N2O3. The van der Waals surface area contributed by atoms with E-state index in [-0.39, 0.29) is 0 Å². The minimum absolute atomic E-state index is 0.367. The van der Waals surface area contributed by atoms with Crippen molar-refractivity contribution < 1.29 is 14.9 Å². The van der Waals surface area contributed by atoms with Gasteiger partial charge in [0, 0.05) is 31.7 Å². The van der Waals surface area contributed by atoms with Crippen LogP contribution in [0.4, 0.5) is 0 Å². The highest BCUT2D eigenvalue weighted by Crippen LogP contribution is 2.17. The Hall–Kier alpha value is -0.200. The molecule has 3 N–H and O–H groups in total. The van der Waals surface area contributed by atoms with E-state index in [1.807, 2.05) is 0 Å². The van der Waals surface area contributed by atoms with Gasteiger partial charge in [-0.25, -0.2) is 0 Å². The fraction of sp³-hybridized carbons (Fsp3) is 1.00. The van der Waals surface area contributed by atoms with Crippen LogP contribution in [0.25, 0.3) is 0 Å². The predicted molar refractivity (Wildman–Crippen MR) is 60.3 cm³/mol. The summed E-state index contributed by atoms with van der Waals surface area (Å²) in [4.78, 5) is 2.14. The first-order valence-electron chi connectivity index (χ1n) is 6.08. The Kier molecular flexibility index (Phi) is 4.16. The minimum Gasteiger partial charge on any atom is -0.389 e. The number of nitrogens with zero attached hydrogens (tertiary/aromatic N) is 1. The molecule has 2 rings (SSSR count). The normalized spacial score (nSPS) is 38.8. The number of hydrogen-bond donors (Lipinski definition) is 3. The van der Waals surface area contributed by atoms with Crippen molar-refractivity contribution >= 4 is 0 Å². The number of β-amino-alcohol motifs (C(OH)–C–C–N with tert-alkyl or cyclic N) is 2. The Morgan fingerprint density at radius 1 is 1.38 bits per heavy atom. The van der Waals surface area contributed by atoms with Gasteiger partial charge in [0.1, 0.15) is 0 Å². The molecule has 0 bridgehead atoms. The maximum Gasteiger partial charge on any atom is 0.0938 e. The van der Waals surface area contributed by atoms with Crippen molar-refractivity contribution in [1.82, 2.24) is 10.2 Å². The number of ether oxygens (including phenoxy) is 1. The van der Waals surface area contributed by atoms with Crippen LogP contribution < -0.4 is 5.32 Å². The molecule has 4 atom stereocenters. The van der Waals surface area contributed by atoms with Gasteiger partial charge in [0.25, 0.3) is 0 Å². The van der Waals surface area contributed by atoms with E-state index in [9.17, 15) is 10.2 Å². The molecule has 0 saturated carbocycles. The first-order chi connectivity index (χ1) is 7.66. The van der Waals surface area contributed by atoms with Gasteiger partial charge in [-0.15, -0.1) is 0 Å². The number of likely N-dealkylation sites (tertiary alicyclic amines) is 1. The number of morpholine rings is 1. The Morgan fingerprint density at radius 2 is 2.06 bits per heavy atom. The summed E-state index contributed by atoms with van der Waals surface area (Å²) in [5.41, 5.74) is 0. The zero-order valence-corrected chi connectivity index (χ0v) is 9.80. The molecule has 94 valence electrons. The molecular weight excluding hydrogens is 208 g/mol. The summed E-state index contributed by atoms with van der Waals surface area (Å²) < 4.78 is 5.41. The van der Waals surface area contributed by atoms with Gasteiger partial charge in [0.15, 0.2) is 0 Å². The van der Waals surface area contributed by atoms with Crippen LogP contribution in [0.3, 0.4) is 0 Å². The first-order valence-corrected chi connectivity index (χ1v) is 6.08. The highest BCUT2D eigenvalue weighted by molar-refractivity contribution is 4.88. The molecule has 2 aliphatic rings. The summed E-state index contributed by atoms with van der Waals surface area (Å²) in [6.07, 6.45) is -0.171. The third-order valence-electron chi connectivity index (χ3n) is 3.53. The summed E-state index contributed by atoms with van der Waals surface area (Å²) in [5.74, 6) is 0. The second-order valence-corrected chi connectivity index (χ2v) is 4.90. The van der Waals surface area contributed by atoms with Crippen molar-refractivity contribution in [2.24, 2.45) is 0 Å². The molecule has 2 aliphatic heterocycles. The lowest BCUT2D eigenvalue weighted by molar-refractivity contribution is 0.0572. The lowest BCUT2D eigenvalue weighted by atomic mass is 10.1. The molecule has 2 saturated heterocycles. The summed E-state index contributed by atoms with van der Waals surface area (Å²) in [7, 11) is 0. The third-order valence-corrected chi connectivity index (χ3v) is 3.53. The summed E-state index contributed by atoms with van der Waals surface area (Å²) in [6.45, 7) is 5.78. The SMILES string of the molecule is CC(CC1COCCN1)N1CC(O)C(O)C1. The van der Waals surface area contributed by atoms with E-state index < -0.39 is 12.2 Å². The van der Waals surface area contributed by atoms with E-state index in [1.165, 1.54) is 0 Å². The highest BCUT2D eigenvalue weighted by atomic mass is 16.5. The molecule has 16 heavy (non-hydrogen) atoms. The van der Waals surface area contributed by atoms with Crippen molar-refractivity contribution in [1.29, 1.82) is 0 Å². The molecule has 5 nitrogen and oxygen atoms in total. The van der Waals surface area contributed by atoms with Crippen LogP contribution in [0.5, 0.6) is 0 Å². The number of hydrogen-bond acceptors (Lipinski definition) is 5. The largest absolute Gasteiger partial charge is 0.389 e. The zero-order chi connectivity index (χ0) is 11.5. The van der Waals surface area contributed by atoms with Gasteiger partial charge in [-0.1, -0.05) is 0 Å². The fourth-order valence-corrected chi connectivity index (χ4v) is 2.49. The van der Waals surface area contributed by atoms with E-state index in [1.54, 1.807) is 0 Å². The van der Waals surface area contributed by atoms with Crippen molar-refractivity contribution in [3.63, 3.8) is 0 Å². The van der Waals surface area contributed by atoms with Gasteiger partial charge in [-0.3, -0.25) is 4.90 Å². The topological polar surface area (TPSA) is 65.0 Å². The summed E-state index contributed by atoms with van der Waals surface area (Å²) >= 11 is 0. The molecule has 0 amide bonds. The molecule has 0 aromatic carbocycles.